The maximum atomic E-state index is 11.6. The van der Waals surface area contributed by atoms with Gasteiger partial charge in [0.1, 0.15) is 17.2 Å². The van der Waals surface area contributed by atoms with E-state index < -0.39 is 12.0 Å². The molecule has 0 saturated heterocycles. The van der Waals surface area contributed by atoms with E-state index in [4.69, 9.17) is 4.42 Å². The summed E-state index contributed by atoms with van der Waals surface area (Å²) in [7, 11) is 0. The second-order valence-corrected chi connectivity index (χ2v) is 6.89. The number of furan rings is 1. The fourth-order valence-corrected chi connectivity index (χ4v) is 3.50. The van der Waals surface area contributed by atoms with Crippen LogP contribution >= 0.6 is 0 Å². The van der Waals surface area contributed by atoms with E-state index in [-0.39, 0.29) is 18.3 Å². The van der Waals surface area contributed by atoms with E-state index in [0.29, 0.717) is 6.42 Å². The highest BCUT2D eigenvalue weighted by atomic mass is 16.4. The van der Waals surface area contributed by atoms with E-state index in [0.717, 1.165) is 27.5 Å². The first-order chi connectivity index (χ1) is 12.0. The molecule has 3 aromatic rings. The van der Waals surface area contributed by atoms with E-state index in [2.05, 4.69) is 5.18 Å². The fourth-order valence-electron chi connectivity index (χ4n) is 3.50. The smallest absolute Gasteiger partial charge is 0.303 e. The van der Waals surface area contributed by atoms with Crippen LogP contribution in [0.2, 0.25) is 0 Å². The van der Waals surface area contributed by atoms with Gasteiger partial charge in [-0.2, -0.15) is 4.91 Å². The molecule has 0 aliphatic rings. The average Bonchev–Trinajstić information content (AvgIpc) is 2.92. The molecule has 5 nitrogen and oxygen atoms in total. The number of fused-ring (bicyclic) bond motifs is 3. The quantitative estimate of drug-likeness (QED) is 0.574. The molecular formula is C20H21NO4. The van der Waals surface area contributed by atoms with Crippen molar-refractivity contribution < 1.29 is 14.3 Å². The molecule has 0 amide bonds. The number of nitroso groups, excluding NO2 is 1. The van der Waals surface area contributed by atoms with Crippen molar-refractivity contribution in [1.82, 2.24) is 0 Å². The molecule has 2 aromatic carbocycles. The Bertz CT molecular complexity index is 912. The van der Waals surface area contributed by atoms with Gasteiger partial charge in [0.15, 0.2) is 0 Å². The van der Waals surface area contributed by atoms with Crippen molar-refractivity contribution in [3.05, 3.63) is 52.9 Å². The molecule has 130 valence electrons. The van der Waals surface area contributed by atoms with Crippen LogP contribution in [0, 0.1) is 16.7 Å². The zero-order chi connectivity index (χ0) is 18.0. The van der Waals surface area contributed by atoms with E-state index in [1.807, 2.05) is 56.3 Å². The van der Waals surface area contributed by atoms with Gasteiger partial charge in [0.05, 0.1) is 6.42 Å². The second kappa shape index (κ2) is 7.05. The number of nitrogens with zero attached hydrogens (tertiary/aromatic N) is 1. The van der Waals surface area contributed by atoms with Gasteiger partial charge in [-0.25, -0.2) is 0 Å². The van der Waals surface area contributed by atoms with Crippen LogP contribution in [0.25, 0.3) is 21.9 Å². The van der Waals surface area contributed by atoms with Crippen LogP contribution < -0.4 is 0 Å². The highest BCUT2D eigenvalue weighted by Gasteiger charge is 2.28. The minimum absolute atomic E-state index is 0.0707. The lowest BCUT2D eigenvalue weighted by Gasteiger charge is -2.22. The van der Waals surface area contributed by atoms with E-state index in [1.54, 1.807) is 0 Å². The number of para-hydroxylation sites is 1. The van der Waals surface area contributed by atoms with Gasteiger partial charge in [-0.05, 0) is 42.0 Å². The first-order valence-corrected chi connectivity index (χ1v) is 8.45. The Balaban J connectivity index is 2.05. The summed E-state index contributed by atoms with van der Waals surface area (Å²) in [5.41, 5.74) is 2.27. The van der Waals surface area contributed by atoms with E-state index in [1.165, 1.54) is 0 Å². The Morgan fingerprint density at radius 2 is 1.84 bits per heavy atom. The van der Waals surface area contributed by atoms with Crippen molar-refractivity contribution >= 4 is 27.9 Å². The first-order valence-electron chi connectivity index (χ1n) is 8.45. The molecule has 1 N–H and O–H groups in total. The standard InChI is InChI=1S/C20H21NO4/c1-12(2)9-14(11-19(22)23)20(21-24)13-7-8-18-16(10-13)15-5-3-4-6-17(15)25-18/h3-8,10,12,14,20H,9,11H2,1-2H3,(H,22,23). The Morgan fingerprint density at radius 3 is 2.52 bits per heavy atom. The van der Waals surface area contributed by atoms with Gasteiger partial charge >= 0.3 is 5.97 Å². The van der Waals surface area contributed by atoms with Crippen molar-refractivity contribution in [3.63, 3.8) is 0 Å². The molecule has 2 unspecified atom stereocenters. The van der Waals surface area contributed by atoms with Crippen LogP contribution in [0.4, 0.5) is 0 Å². The molecule has 5 heteroatoms. The van der Waals surface area contributed by atoms with Gasteiger partial charge in [-0.3, -0.25) is 4.79 Å². The van der Waals surface area contributed by atoms with Gasteiger partial charge in [0, 0.05) is 10.8 Å². The van der Waals surface area contributed by atoms with Gasteiger partial charge in [0.2, 0.25) is 0 Å². The fraction of sp³-hybridized carbons (Fsp3) is 0.350. The summed E-state index contributed by atoms with van der Waals surface area (Å²) in [6.45, 7) is 4.03. The molecule has 1 aromatic heterocycles. The molecule has 0 aliphatic carbocycles. The lowest BCUT2D eigenvalue weighted by molar-refractivity contribution is -0.138. The maximum Gasteiger partial charge on any atom is 0.303 e. The topological polar surface area (TPSA) is 79.9 Å². The Kier molecular flexibility index (Phi) is 4.83. The third kappa shape index (κ3) is 3.55. The van der Waals surface area contributed by atoms with E-state index in [9.17, 15) is 14.8 Å². The van der Waals surface area contributed by atoms with Crippen molar-refractivity contribution in [2.24, 2.45) is 17.0 Å². The van der Waals surface area contributed by atoms with Crippen molar-refractivity contribution in [3.8, 4) is 0 Å². The summed E-state index contributed by atoms with van der Waals surface area (Å²) in [4.78, 5) is 22.8. The predicted octanol–water partition coefficient (Wildman–Crippen LogP) is 5.53. The van der Waals surface area contributed by atoms with E-state index >= 15 is 0 Å². The van der Waals surface area contributed by atoms with Crippen LogP contribution in [0.1, 0.15) is 38.3 Å². The first kappa shape index (κ1) is 17.1. The normalized spacial score (nSPS) is 14.0. The molecule has 0 fully saturated rings. The summed E-state index contributed by atoms with van der Waals surface area (Å²) in [6.07, 6.45) is 0.561. The minimum atomic E-state index is -0.908. The number of hydrogen-bond donors (Lipinski definition) is 1. The molecule has 0 bridgehead atoms. The number of hydrogen-bond acceptors (Lipinski definition) is 4. The second-order valence-electron chi connectivity index (χ2n) is 6.89. The van der Waals surface area contributed by atoms with Crippen molar-refractivity contribution in [2.45, 2.75) is 32.7 Å². The molecule has 1 heterocycles. The zero-order valence-corrected chi connectivity index (χ0v) is 14.3. The van der Waals surface area contributed by atoms with Gasteiger partial charge in [-0.15, -0.1) is 0 Å². The highest BCUT2D eigenvalue weighted by molar-refractivity contribution is 6.05. The number of carboxylic acid groups (broad SMARTS) is 1. The lowest BCUT2D eigenvalue weighted by atomic mass is 9.84. The number of carboxylic acids is 1. The number of rotatable bonds is 7. The Labute approximate surface area is 145 Å². The summed E-state index contributed by atoms with van der Waals surface area (Å²) >= 11 is 0. The van der Waals surface area contributed by atoms with Crippen LogP contribution in [0.5, 0.6) is 0 Å². The zero-order valence-electron chi connectivity index (χ0n) is 14.3. The molecule has 0 saturated carbocycles. The van der Waals surface area contributed by atoms with Gasteiger partial charge in [-0.1, -0.05) is 43.3 Å². The highest BCUT2D eigenvalue weighted by Crippen LogP contribution is 2.37. The summed E-state index contributed by atoms with van der Waals surface area (Å²) < 4.78 is 5.81. The molecule has 0 aliphatic heterocycles. The largest absolute Gasteiger partial charge is 0.481 e. The third-order valence-corrected chi connectivity index (χ3v) is 4.51. The molecule has 3 rings (SSSR count). The van der Waals surface area contributed by atoms with Crippen LogP contribution in [0.3, 0.4) is 0 Å². The molecular weight excluding hydrogens is 318 g/mol. The summed E-state index contributed by atoms with van der Waals surface area (Å²) in [5.74, 6) is -0.952. The number of aliphatic carboxylic acids is 1. The Morgan fingerprint density at radius 1 is 1.12 bits per heavy atom. The van der Waals surface area contributed by atoms with Crippen molar-refractivity contribution in [2.75, 3.05) is 0 Å². The molecule has 2 atom stereocenters. The summed E-state index contributed by atoms with van der Waals surface area (Å²) in [5, 5.41) is 14.4. The number of carbonyl (C=O) groups is 1. The van der Waals surface area contributed by atoms with Gasteiger partial charge in [0.25, 0.3) is 0 Å². The minimum Gasteiger partial charge on any atom is -0.481 e. The lowest BCUT2D eigenvalue weighted by Crippen LogP contribution is -2.17. The van der Waals surface area contributed by atoms with Crippen LogP contribution in [-0.2, 0) is 4.79 Å². The average molecular weight is 339 g/mol. The van der Waals surface area contributed by atoms with Crippen LogP contribution in [-0.4, -0.2) is 11.1 Å². The summed E-state index contributed by atoms with van der Waals surface area (Å²) in [6, 6.07) is 12.6. The molecule has 0 spiro atoms. The van der Waals surface area contributed by atoms with Crippen molar-refractivity contribution in [1.29, 1.82) is 0 Å². The SMILES string of the molecule is CC(C)CC(CC(=O)O)C(N=O)c1ccc2oc3ccccc3c2c1. The molecule has 25 heavy (non-hydrogen) atoms. The predicted molar refractivity (Wildman–Crippen MR) is 97.5 cm³/mol. The van der Waals surface area contributed by atoms with Crippen LogP contribution in [0.15, 0.2) is 52.1 Å². The maximum absolute atomic E-state index is 11.6. The third-order valence-electron chi connectivity index (χ3n) is 4.51. The molecule has 0 radical (unpaired) electrons. The Hall–Kier alpha value is -2.69. The monoisotopic (exact) mass is 339 g/mol. The van der Waals surface area contributed by atoms with Gasteiger partial charge < -0.3 is 9.52 Å². The number of benzene rings is 2.